The van der Waals surface area contributed by atoms with Crippen LogP contribution in [-0.4, -0.2) is 11.7 Å². The van der Waals surface area contributed by atoms with Crippen molar-refractivity contribution < 1.29 is 8.83 Å². The van der Waals surface area contributed by atoms with Crippen LogP contribution >= 0.6 is 0 Å². The van der Waals surface area contributed by atoms with Crippen LogP contribution in [0.25, 0.3) is 87.7 Å². The number of furan rings is 2. The highest BCUT2D eigenvalue weighted by atomic mass is 16.3. The van der Waals surface area contributed by atoms with Gasteiger partial charge >= 0.3 is 0 Å². The normalized spacial score (nSPS) is 14.4. The summed E-state index contributed by atoms with van der Waals surface area (Å²) in [5.41, 5.74) is 10.9. The number of hydrogen-bond acceptors (Lipinski definition) is 5. The number of benzene rings is 9. The molecule has 1 N–H and O–H groups in total. The molecule has 0 bridgehead atoms. The lowest BCUT2D eigenvalue weighted by Crippen LogP contribution is -2.33. The average molecular weight is 744 g/mol. The number of aliphatic imine (C=N–C) groups is 2. The average Bonchev–Trinajstić information content (AvgIpc) is 3.86. The van der Waals surface area contributed by atoms with Gasteiger partial charge in [0.1, 0.15) is 34.3 Å². The number of rotatable bonds is 5. The van der Waals surface area contributed by atoms with Gasteiger partial charge in [-0.2, -0.15) is 0 Å². The van der Waals surface area contributed by atoms with Crippen LogP contribution in [0.3, 0.4) is 0 Å². The highest BCUT2D eigenvalue weighted by molar-refractivity contribution is 6.23. The first-order valence-electron chi connectivity index (χ1n) is 19.6. The zero-order valence-electron chi connectivity index (χ0n) is 31.2. The highest BCUT2D eigenvalue weighted by Gasteiger charge is 2.26. The molecule has 272 valence electrons. The molecule has 1 aliphatic heterocycles. The first kappa shape index (κ1) is 32.5. The van der Waals surface area contributed by atoms with E-state index in [-0.39, 0.29) is 0 Å². The molecule has 9 aromatic carbocycles. The molecule has 0 amide bonds. The quantitative estimate of drug-likeness (QED) is 0.191. The summed E-state index contributed by atoms with van der Waals surface area (Å²) in [5.74, 6) is 1.43. The van der Waals surface area contributed by atoms with Crippen molar-refractivity contribution >= 4 is 77.1 Å². The molecule has 0 aliphatic carbocycles. The second-order valence-electron chi connectivity index (χ2n) is 14.9. The molecule has 0 saturated carbocycles. The standard InChI is InChI=1S/C53H33N3O2/c1-3-14-32(15-4-1)36-26-28-40(49-44-30-34-18-7-8-19-35(34)31-47(44)58-50(36)49)39-27-29-41(38-21-10-9-20-37(38)39)52-54-51(33-16-5-2-6-17-33)55-53(56-52)43-23-13-25-46-48(43)42-22-11-12-24-45(42)57-46/h1-31,53H,(H,54,55,56). The first-order chi connectivity index (χ1) is 28.7. The predicted octanol–water partition coefficient (Wildman–Crippen LogP) is 13.6. The maximum absolute atomic E-state index is 6.85. The monoisotopic (exact) mass is 743 g/mol. The van der Waals surface area contributed by atoms with Crippen LogP contribution < -0.4 is 5.32 Å². The summed E-state index contributed by atoms with van der Waals surface area (Å²) >= 11 is 0. The third kappa shape index (κ3) is 5.10. The minimum atomic E-state index is -0.414. The smallest absolute Gasteiger partial charge is 0.159 e. The Morgan fingerprint density at radius 2 is 1.03 bits per heavy atom. The fourth-order valence-corrected chi connectivity index (χ4v) is 8.87. The summed E-state index contributed by atoms with van der Waals surface area (Å²) in [6, 6.07) is 65.6. The molecule has 0 fully saturated rings. The van der Waals surface area contributed by atoms with E-state index in [1.165, 1.54) is 5.39 Å². The van der Waals surface area contributed by atoms with E-state index in [1.807, 2.05) is 42.5 Å². The van der Waals surface area contributed by atoms with Gasteiger partial charge in [-0.25, -0.2) is 9.98 Å². The Bertz CT molecular complexity index is 3490. The molecule has 0 spiro atoms. The van der Waals surface area contributed by atoms with Gasteiger partial charge < -0.3 is 14.2 Å². The van der Waals surface area contributed by atoms with Gasteiger partial charge in [0.2, 0.25) is 0 Å². The van der Waals surface area contributed by atoms with Crippen molar-refractivity contribution in [2.75, 3.05) is 0 Å². The summed E-state index contributed by atoms with van der Waals surface area (Å²) in [7, 11) is 0. The lowest BCUT2D eigenvalue weighted by Gasteiger charge is -2.25. The molecule has 5 heteroatoms. The van der Waals surface area contributed by atoms with Gasteiger partial charge in [-0.05, 0) is 68.6 Å². The van der Waals surface area contributed by atoms with Crippen molar-refractivity contribution in [3.8, 4) is 22.3 Å². The third-order valence-corrected chi connectivity index (χ3v) is 11.5. The summed E-state index contributed by atoms with van der Waals surface area (Å²) in [5, 5.41) is 12.6. The summed E-state index contributed by atoms with van der Waals surface area (Å²) in [4.78, 5) is 10.5. The Balaban J connectivity index is 1.06. The van der Waals surface area contributed by atoms with E-state index in [9.17, 15) is 0 Å². The molecular weight excluding hydrogens is 711 g/mol. The minimum Gasteiger partial charge on any atom is -0.456 e. The molecule has 0 radical (unpaired) electrons. The molecule has 2 aromatic heterocycles. The summed E-state index contributed by atoms with van der Waals surface area (Å²) < 4.78 is 13.2. The van der Waals surface area contributed by atoms with E-state index >= 15 is 0 Å². The number of para-hydroxylation sites is 1. The molecule has 1 unspecified atom stereocenters. The SMILES string of the molecule is c1ccc(C2=NC(c3cccc4oc5ccccc5c34)NC(c3ccc(-c4ccc(-c5ccccc5)c5oc6cc7ccccc7cc6c45)c4ccccc34)=N2)cc1. The number of amidine groups is 2. The van der Waals surface area contributed by atoms with Crippen molar-refractivity contribution in [3.63, 3.8) is 0 Å². The number of nitrogens with zero attached hydrogens (tertiary/aromatic N) is 2. The maximum Gasteiger partial charge on any atom is 0.159 e. The van der Waals surface area contributed by atoms with Crippen LogP contribution in [0.4, 0.5) is 0 Å². The van der Waals surface area contributed by atoms with Gasteiger partial charge in [0, 0.05) is 43.8 Å². The molecule has 0 saturated heterocycles. The van der Waals surface area contributed by atoms with Gasteiger partial charge in [-0.3, -0.25) is 0 Å². The molecule has 12 rings (SSSR count). The van der Waals surface area contributed by atoms with Crippen molar-refractivity contribution in [1.82, 2.24) is 5.32 Å². The third-order valence-electron chi connectivity index (χ3n) is 11.5. The molecule has 3 heterocycles. The Morgan fingerprint density at radius 3 is 1.84 bits per heavy atom. The van der Waals surface area contributed by atoms with Crippen molar-refractivity contribution in [2.24, 2.45) is 9.98 Å². The maximum atomic E-state index is 6.85. The minimum absolute atomic E-state index is 0.414. The molecule has 1 atom stereocenters. The Kier molecular flexibility index (Phi) is 7.23. The van der Waals surface area contributed by atoms with Crippen LogP contribution in [0.15, 0.2) is 207 Å². The van der Waals surface area contributed by atoms with E-state index in [0.717, 1.165) is 105 Å². The molecule has 5 nitrogen and oxygen atoms in total. The van der Waals surface area contributed by atoms with Crippen molar-refractivity contribution in [1.29, 1.82) is 0 Å². The zero-order chi connectivity index (χ0) is 38.2. The van der Waals surface area contributed by atoms with Gasteiger partial charge in [0.05, 0.1) is 0 Å². The van der Waals surface area contributed by atoms with E-state index < -0.39 is 6.17 Å². The zero-order valence-corrected chi connectivity index (χ0v) is 31.2. The van der Waals surface area contributed by atoms with Crippen LogP contribution in [0, 0.1) is 0 Å². The highest BCUT2D eigenvalue weighted by Crippen LogP contribution is 2.45. The molecule has 1 aliphatic rings. The number of hydrogen-bond donors (Lipinski definition) is 1. The lowest BCUT2D eigenvalue weighted by molar-refractivity contribution is 0.662. The van der Waals surface area contributed by atoms with Gasteiger partial charge in [-0.15, -0.1) is 0 Å². The van der Waals surface area contributed by atoms with Crippen LogP contribution in [0.1, 0.15) is 22.9 Å². The van der Waals surface area contributed by atoms with Crippen LogP contribution in [0.2, 0.25) is 0 Å². The second-order valence-corrected chi connectivity index (χ2v) is 14.9. The lowest BCUT2D eigenvalue weighted by atomic mass is 9.90. The summed E-state index contributed by atoms with van der Waals surface area (Å²) in [6.07, 6.45) is -0.414. The first-order valence-corrected chi connectivity index (χ1v) is 19.6. The van der Waals surface area contributed by atoms with Crippen LogP contribution in [0.5, 0.6) is 0 Å². The van der Waals surface area contributed by atoms with E-state index in [1.54, 1.807) is 0 Å². The van der Waals surface area contributed by atoms with Gasteiger partial charge in [-0.1, -0.05) is 158 Å². The van der Waals surface area contributed by atoms with E-state index in [2.05, 4.69) is 151 Å². The summed E-state index contributed by atoms with van der Waals surface area (Å²) in [6.45, 7) is 0. The molecule has 11 aromatic rings. The van der Waals surface area contributed by atoms with E-state index in [4.69, 9.17) is 18.8 Å². The van der Waals surface area contributed by atoms with Crippen molar-refractivity contribution in [2.45, 2.75) is 6.17 Å². The fraction of sp³-hybridized carbons (Fsp3) is 0.0189. The number of nitrogens with one attached hydrogen (secondary N) is 1. The Hall–Kier alpha value is -7.76. The van der Waals surface area contributed by atoms with Crippen molar-refractivity contribution in [3.05, 3.63) is 205 Å². The Morgan fingerprint density at radius 1 is 0.414 bits per heavy atom. The predicted molar refractivity (Wildman–Crippen MR) is 239 cm³/mol. The topological polar surface area (TPSA) is 63.0 Å². The van der Waals surface area contributed by atoms with Crippen LogP contribution in [-0.2, 0) is 0 Å². The number of fused-ring (bicyclic) bond motifs is 8. The molecular formula is C53H33N3O2. The molecule has 58 heavy (non-hydrogen) atoms. The second kappa shape index (κ2) is 12.9. The fourth-order valence-electron chi connectivity index (χ4n) is 8.87. The Labute approximate surface area is 333 Å². The van der Waals surface area contributed by atoms with E-state index in [0.29, 0.717) is 5.84 Å². The van der Waals surface area contributed by atoms with Gasteiger partial charge in [0.25, 0.3) is 0 Å². The van der Waals surface area contributed by atoms with Gasteiger partial charge in [0.15, 0.2) is 5.84 Å². The largest absolute Gasteiger partial charge is 0.456 e.